The van der Waals surface area contributed by atoms with Crippen LogP contribution in [0.1, 0.15) is 15.9 Å². The number of benzene rings is 1. The van der Waals surface area contributed by atoms with Crippen LogP contribution < -0.4 is 10.5 Å². The lowest BCUT2D eigenvalue weighted by Crippen LogP contribution is -2.10. The van der Waals surface area contributed by atoms with Gasteiger partial charge >= 0.3 is 5.97 Å². The van der Waals surface area contributed by atoms with Crippen LogP contribution in [0.4, 0.5) is 5.69 Å². The molecule has 2 rings (SSSR count). The van der Waals surface area contributed by atoms with E-state index in [9.17, 15) is 4.79 Å². The third kappa shape index (κ3) is 3.26. The highest BCUT2D eigenvalue weighted by Crippen LogP contribution is 2.26. The topological polar surface area (TPSA) is 74.4 Å². The molecule has 0 saturated heterocycles. The molecule has 0 spiro atoms. The van der Waals surface area contributed by atoms with E-state index < -0.39 is 5.97 Å². The molecule has 0 aliphatic heterocycles. The summed E-state index contributed by atoms with van der Waals surface area (Å²) in [5.41, 5.74) is 7.51. The zero-order chi connectivity index (χ0) is 14.4. The maximum atomic E-state index is 12.0. The molecule has 0 amide bonds. The smallest absolute Gasteiger partial charge is 0.342 e. The number of hydrogen-bond donors (Lipinski definition) is 1. The van der Waals surface area contributed by atoms with E-state index in [-0.39, 0.29) is 6.61 Å². The number of carbonyl (C=O) groups is 1. The molecule has 1 heterocycles. The van der Waals surface area contributed by atoms with Crippen molar-refractivity contribution < 1.29 is 14.3 Å². The fraction of sp³-hybridized carbons (Fsp3) is 0.200. The third-order valence-corrected chi connectivity index (χ3v) is 2.82. The van der Waals surface area contributed by atoms with Crippen molar-refractivity contribution in [2.45, 2.75) is 6.42 Å². The lowest BCUT2D eigenvalue weighted by molar-refractivity contribution is 0.0505. The van der Waals surface area contributed by atoms with Gasteiger partial charge in [0.05, 0.1) is 19.4 Å². The normalized spacial score (nSPS) is 10.1. The van der Waals surface area contributed by atoms with Crippen molar-refractivity contribution in [2.24, 2.45) is 0 Å². The van der Waals surface area contributed by atoms with Gasteiger partial charge in [-0.25, -0.2) is 4.79 Å². The molecule has 1 aromatic heterocycles. The second-order valence-electron chi connectivity index (χ2n) is 4.18. The monoisotopic (exact) mass is 272 g/mol. The van der Waals surface area contributed by atoms with Crippen LogP contribution in [0.5, 0.6) is 5.75 Å². The van der Waals surface area contributed by atoms with E-state index in [0.717, 1.165) is 5.56 Å². The summed E-state index contributed by atoms with van der Waals surface area (Å²) in [6, 6.07) is 8.77. The van der Waals surface area contributed by atoms with E-state index in [1.807, 2.05) is 12.1 Å². The third-order valence-electron chi connectivity index (χ3n) is 2.82. The van der Waals surface area contributed by atoms with Crippen LogP contribution in [0.3, 0.4) is 0 Å². The highest BCUT2D eigenvalue weighted by molar-refractivity contribution is 5.94. The molecule has 104 valence electrons. The van der Waals surface area contributed by atoms with Gasteiger partial charge in [-0.2, -0.15) is 0 Å². The Balaban J connectivity index is 1.97. The summed E-state index contributed by atoms with van der Waals surface area (Å²) in [7, 11) is 1.47. The maximum absolute atomic E-state index is 12.0. The zero-order valence-corrected chi connectivity index (χ0v) is 11.2. The van der Waals surface area contributed by atoms with Crippen LogP contribution in [-0.2, 0) is 11.2 Å². The number of para-hydroxylation sites is 1. The highest BCUT2D eigenvalue weighted by Gasteiger charge is 2.15. The predicted octanol–water partition coefficient (Wildman–Crippen LogP) is 2.07. The SMILES string of the molecule is COc1c(N)cccc1C(=O)OCCc1cccnc1. The molecule has 2 N–H and O–H groups in total. The molecule has 2 aromatic rings. The molecule has 0 unspecified atom stereocenters. The predicted molar refractivity (Wildman–Crippen MR) is 75.6 cm³/mol. The van der Waals surface area contributed by atoms with E-state index in [2.05, 4.69) is 4.98 Å². The summed E-state index contributed by atoms with van der Waals surface area (Å²) >= 11 is 0. The van der Waals surface area contributed by atoms with Gasteiger partial charge in [-0.3, -0.25) is 4.98 Å². The molecule has 0 radical (unpaired) electrons. The van der Waals surface area contributed by atoms with E-state index in [1.54, 1.807) is 30.6 Å². The molecular weight excluding hydrogens is 256 g/mol. The summed E-state index contributed by atoms with van der Waals surface area (Å²) < 4.78 is 10.4. The number of nitrogens with two attached hydrogens (primary N) is 1. The lowest BCUT2D eigenvalue weighted by Gasteiger charge is -2.10. The highest BCUT2D eigenvalue weighted by atomic mass is 16.5. The van der Waals surface area contributed by atoms with Gasteiger partial charge < -0.3 is 15.2 Å². The van der Waals surface area contributed by atoms with Crippen molar-refractivity contribution in [3.63, 3.8) is 0 Å². The van der Waals surface area contributed by atoms with Gasteiger partial charge in [0.15, 0.2) is 5.75 Å². The quantitative estimate of drug-likeness (QED) is 0.666. The Morgan fingerprint density at radius 3 is 2.85 bits per heavy atom. The second kappa shape index (κ2) is 6.56. The van der Waals surface area contributed by atoms with Crippen LogP contribution in [0.2, 0.25) is 0 Å². The summed E-state index contributed by atoms with van der Waals surface area (Å²) in [5, 5.41) is 0. The molecule has 20 heavy (non-hydrogen) atoms. The van der Waals surface area contributed by atoms with E-state index in [0.29, 0.717) is 23.4 Å². The average Bonchev–Trinajstić information content (AvgIpc) is 2.48. The molecule has 1 aromatic carbocycles. The second-order valence-corrected chi connectivity index (χ2v) is 4.18. The van der Waals surface area contributed by atoms with Gasteiger partial charge in [-0.15, -0.1) is 0 Å². The molecule has 5 heteroatoms. The number of nitrogens with zero attached hydrogens (tertiary/aromatic N) is 1. The van der Waals surface area contributed by atoms with E-state index >= 15 is 0 Å². The first kappa shape index (κ1) is 13.9. The Labute approximate surface area is 117 Å². The Bertz CT molecular complexity index is 585. The van der Waals surface area contributed by atoms with Crippen molar-refractivity contribution in [1.82, 2.24) is 4.98 Å². The van der Waals surface area contributed by atoms with Crippen LogP contribution in [-0.4, -0.2) is 24.7 Å². The molecule has 0 saturated carbocycles. The van der Waals surface area contributed by atoms with E-state index in [4.69, 9.17) is 15.2 Å². The number of rotatable bonds is 5. The number of methoxy groups -OCH3 is 1. The van der Waals surface area contributed by atoms with Crippen molar-refractivity contribution >= 4 is 11.7 Å². The number of carbonyl (C=O) groups excluding carboxylic acids is 1. The van der Waals surface area contributed by atoms with Crippen molar-refractivity contribution in [3.8, 4) is 5.75 Å². The van der Waals surface area contributed by atoms with E-state index in [1.165, 1.54) is 7.11 Å². The number of esters is 1. The molecule has 0 aliphatic rings. The molecule has 0 atom stereocenters. The summed E-state index contributed by atoms with van der Waals surface area (Å²) in [5.74, 6) is -0.100. The Hall–Kier alpha value is -2.56. The Morgan fingerprint density at radius 1 is 1.30 bits per heavy atom. The number of aromatic nitrogens is 1. The summed E-state index contributed by atoms with van der Waals surface area (Å²) in [6.45, 7) is 0.280. The van der Waals surface area contributed by atoms with Crippen LogP contribution in [0.25, 0.3) is 0 Å². The minimum absolute atomic E-state index is 0.280. The first-order chi connectivity index (χ1) is 9.72. The first-order valence-electron chi connectivity index (χ1n) is 6.21. The van der Waals surface area contributed by atoms with Crippen molar-refractivity contribution in [1.29, 1.82) is 0 Å². The Kier molecular flexibility index (Phi) is 4.55. The van der Waals surface area contributed by atoms with Crippen LogP contribution in [0, 0.1) is 0 Å². The maximum Gasteiger partial charge on any atom is 0.342 e. The van der Waals surface area contributed by atoms with Gasteiger partial charge in [0.1, 0.15) is 5.56 Å². The lowest BCUT2D eigenvalue weighted by atomic mass is 10.1. The average molecular weight is 272 g/mol. The standard InChI is InChI=1S/C15H16N2O3/c1-19-14-12(5-2-6-13(14)16)15(18)20-9-7-11-4-3-8-17-10-11/h2-6,8,10H,7,9,16H2,1H3. The molecule has 5 nitrogen and oxygen atoms in total. The van der Waals surface area contributed by atoms with Gasteiger partial charge in [-0.05, 0) is 23.8 Å². The number of hydrogen-bond acceptors (Lipinski definition) is 5. The fourth-order valence-electron chi connectivity index (χ4n) is 1.83. The number of ether oxygens (including phenoxy) is 2. The molecular formula is C15H16N2O3. The van der Waals surface area contributed by atoms with Crippen LogP contribution >= 0.6 is 0 Å². The molecule has 0 bridgehead atoms. The summed E-state index contributed by atoms with van der Waals surface area (Å²) in [4.78, 5) is 16.0. The van der Waals surface area contributed by atoms with Gasteiger partial charge in [0, 0.05) is 18.8 Å². The van der Waals surface area contributed by atoms with Crippen molar-refractivity contribution in [3.05, 3.63) is 53.9 Å². The molecule has 0 fully saturated rings. The first-order valence-corrected chi connectivity index (χ1v) is 6.21. The van der Waals surface area contributed by atoms with Crippen molar-refractivity contribution in [2.75, 3.05) is 19.5 Å². The van der Waals surface area contributed by atoms with Crippen LogP contribution in [0.15, 0.2) is 42.7 Å². The number of nitrogen functional groups attached to an aromatic ring is 1. The minimum Gasteiger partial charge on any atom is -0.494 e. The Morgan fingerprint density at radius 2 is 2.15 bits per heavy atom. The van der Waals surface area contributed by atoms with Gasteiger partial charge in [-0.1, -0.05) is 12.1 Å². The minimum atomic E-state index is -0.446. The zero-order valence-electron chi connectivity index (χ0n) is 11.2. The largest absolute Gasteiger partial charge is 0.494 e. The molecule has 0 aliphatic carbocycles. The summed E-state index contributed by atoms with van der Waals surface area (Å²) in [6.07, 6.45) is 4.06. The van der Waals surface area contributed by atoms with Gasteiger partial charge in [0.25, 0.3) is 0 Å². The number of anilines is 1. The number of pyridine rings is 1. The fourth-order valence-corrected chi connectivity index (χ4v) is 1.83. The van der Waals surface area contributed by atoms with Gasteiger partial charge in [0.2, 0.25) is 0 Å².